The van der Waals surface area contributed by atoms with Gasteiger partial charge in [0.25, 0.3) is 0 Å². The molecule has 1 unspecified atom stereocenters. The lowest BCUT2D eigenvalue weighted by molar-refractivity contribution is 0.415. The minimum Gasteiger partial charge on any atom is -0.497 e. The second-order valence-corrected chi connectivity index (χ2v) is 9.36. The molecule has 0 saturated heterocycles. The molecule has 1 heterocycles. The number of hydrogen-bond acceptors (Lipinski definition) is 4. The van der Waals surface area contributed by atoms with E-state index >= 15 is 0 Å². The second kappa shape index (κ2) is 9.12. The van der Waals surface area contributed by atoms with Crippen LogP contribution in [-0.4, -0.2) is 18.1 Å². The van der Waals surface area contributed by atoms with Crippen molar-refractivity contribution in [3.05, 3.63) is 64.0 Å². The Morgan fingerprint density at radius 2 is 2.03 bits per heavy atom. The second-order valence-electron chi connectivity index (χ2n) is 7.75. The van der Waals surface area contributed by atoms with Gasteiger partial charge < -0.3 is 10.1 Å². The summed E-state index contributed by atoms with van der Waals surface area (Å²) in [4.78, 5) is 5.94. The van der Waals surface area contributed by atoms with Crippen molar-refractivity contribution in [2.75, 3.05) is 12.4 Å². The minimum atomic E-state index is -0.113. The molecule has 1 aliphatic rings. The minimum absolute atomic E-state index is 0.113. The van der Waals surface area contributed by atoms with Gasteiger partial charge in [-0.15, -0.1) is 17.8 Å². The summed E-state index contributed by atoms with van der Waals surface area (Å²) in [6.07, 6.45) is 9.71. The zero-order valence-electron chi connectivity index (χ0n) is 17.2. The van der Waals surface area contributed by atoms with Gasteiger partial charge in [-0.3, -0.25) is 0 Å². The van der Waals surface area contributed by atoms with Gasteiger partial charge in [0, 0.05) is 16.4 Å². The third-order valence-corrected chi connectivity index (χ3v) is 6.82. The van der Waals surface area contributed by atoms with Gasteiger partial charge in [-0.1, -0.05) is 60.7 Å². The highest BCUT2D eigenvalue weighted by Gasteiger charge is 2.31. The molecule has 1 aliphatic carbocycles. The number of rotatable bonds is 8. The summed E-state index contributed by atoms with van der Waals surface area (Å²) < 4.78 is 5.26. The van der Waals surface area contributed by atoms with Crippen LogP contribution in [-0.2, 0) is 0 Å². The molecule has 1 aromatic heterocycles. The maximum Gasteiger partial charge on any atom is 0.184 e. The molecule has 3 aromatic rings. The number of benzene rings is 2. The maximum atomic E-state index is 6.48. The summed E-state index contributed by atoms with van der Waals surface area (Å²) in [5.41, 5.74) is 3.06. The molecule has 0 aliphatic heterocycles. The summed E-state index contributed by atoms with van der Waals surface area (Å²) in [5.74, 6) is 4.76. The molecule has 2 aromatic carbocycles. The van der Waals surface area contributed by atoms with Gasteiger partial charge in [-0.25, -0.2) is 4.98 Å². The molecule has 30 heavy (non-hydrogen) atoms. The highest BCUT2D eigenvalue weighted by Crippen LogP contribution is 2.41. The Labute approximate surface area is 187 Å². The molecule has 0 amide bonds. The monoisotopic (exact) mass is 436 g/mol. The van der Waals surface area contributed by atoms with Gasteiger partial charge >= 0.3 is 0 Å². The van der Waals surface area contributed by atoms with Gasteiger partial charge in [0.15, 0.2) is 5.13 Å². The molecular formula is C25H25ClN2OS. The highest BCUT2D eigenvalue weighted by atomic mass is 35.5. The molecule has 0 bridgehead atoms. The van der Waals surface area contributed by atoms with Gasteiger partial charge in [0.1, 0.15) is 5.75 Å². The van der Waals surface area contributed by atoms with Gasteiger partial charge in [0.2, 0.25) is 0 Å². The van der Waals surface area contributed by atoms with Crippen LogP contribution in [0.3, 0.4) is 0 Å². The molecule has 0 radical (unpaired) electrons. The van der Waals surface area contributed by atoms with Crippen molar-refractivity contribution in [1.29, 1.82) is 0 Å². The van der Waals surface area contributed by atoms with E-state index in [4.69, 9.17) is 27.7 Å². The van der Waals surface area contributed by atoms with Crippen LogP contribution in [0.5, 0.6) is 5.75 Å². The van der Waals surface area contributed by atoms with Gasteiger partial charge in [0.05, 0.1) is 23.9 Å². The Hall–Kier alpha value is -2.48. The summed E-state index contributed by atoms with van der Waals surface area (Å²) in [5, 5.41) is 4.99. The van der Waals surface area contributed by atoms with Crippen LogP contribution in [0.15, 0.2) is 48.5 Å². The van der Waals surface area contributed by atoms with Crippen molar-refractivity contribution >= 4 is 28.1 Å². The first-order valence-electron chi connectivity index (χ1n) is 10.2. The van der Waals surface area contributed by atoms with Crippen molar-refractivity contribution in [3.8, 4) is 29.4 Å². The molecule has 0 spiro atoms. The van der Waals surface area contributed by atoms with Crippen molar-refractivity contribution in [1.82, 2.24) is 4.98 Å². The van der Waals surface area contributed by atoms with Crippen LogP contribution < -0.4 is 10.1 Å². The Bertz CT molecular complexity index is 1050. The summed E-state index contributed by atoms with van der Waals surface area (Å²) >= 11 is 8.09. The largest absolute Gasteiger partial charge is 0.497 e. The molecule has 4 rings (SSSR count). The SMILES string of the molecule is C#CC(Nc1nc(-c2ccc(OC)cc2Cl)c(C)s1)[C@@H](CC1CC1)c1ccccc1. The zero-order valence-corrected chi connectivity index (χ0v) is 18.8. The molecule has 2 atom stereocenters. The van der Waals surface area contributed by atoms with Gasteiger partial charge in [-0.2, -0.15) is 0 Å². The predicted octanol–water partition coefficient (Wildman–Crippen LogP) is 6.78. The highest BCUT2D eigenvalue weighted by molar-refractivity contribution is 7.16. The Balaban J connectivity index is 1.59. The third kappa shape index (κ3) is 4.64. The van der Waals surface area contributed by atoms with Crippen molar-refractivity contribution in [3.63, 3.8) is 0 Å². The number of halogens is 1. The number of methoxy groups -OCH3 is 1. The molecule has 1 fully saturated rings. The number of hydrogen-bond donors (Lipinski definition) is 1. The van der Waals surface area contributed by atoms with E-state index in [2.05, 4.69) is 42.4 Å². The van der Waals surface area contributed by atoms with E-state index in [-0.39, 0.29) is 12.0 Å². The van der Waals surface area contributed by atoms with E-state index in [1.165, 1.54) is 18.4 Å². The van der Waals surface area contributed by atoms with Crippen LogP contribution >= 0.6 is 22.9 Å². The maximum absolute atomic E-state index is 6.48. The van der Waals surface area contributed by atoms with E-state index in [9.17, 15) is 0 Å². The van der Waals surface area contributed by atoms with Crippen LogP contribution in [0.4, 0.5) is 5.13 Å². The third-order valence-electron chi connectivity index (χ3n) is 5.60. The normalized spacial score (nSPS) is 15.3. The van der Waals surface area contributed by atoms with Crippen molar-refractivity contribution in [2.24, 2.45) is 5.92 Å². The lowest BCUT2D eigenvalue weighted by Crippen LogP contribution is -2.26. The summed E-state index contributed by atoms with van der Waals surface area (Å²) in [6.45, 7) is 2.06. The van der Waals surface area contributed by atoms with Crippen LogP contribution in [0, 0.1) is 25.2 Å². The number of nitrogens with zero attached hydrogens (tertiary/aromatic N) is 1. The molecule has 1 saturated carbocycles. The fraction of sp³-hybridized carbons (Fsp3) is 0.320. The molecule has 5 heteroatoms. The first-order chi connectivity index (χ1) is 14.6. The number of terminal acetylenes is 1. The van der Waals surface area contributed by atoms with Crippen LogP contribution in [0.2, 0.25) is 5.02 Å². The van der Waals surface area contributed by atoms with E-state index in [0.717, 1.165) is 39.4 Å². The number of ether oxygens (including phenoxy) is 1. The average molecular weight is 437 g/mol. The fourth-order valence-electron chi connectivity index (χ4n) is 3.79. The summed E-state index contributed by atoms with van der Waals surface area (Å²) in [6, 6.07) is 16.1. The first kappa shape index (κ1) is 20.8. The molecule has 1 N–H and O–H groups in total. The molecule has 154 valence electrons. The number of thiazole rings is 1. The topological polar surface area (TPSA) is 34.2 Å². The first-order valence-corrected chi connectivity index (χ1v) is 11.4. The lowest BCUT2D eigenvalue weighted by Gasteiger charge is -2.24. The number of anilines is 1. The van der Waals surface area contributed by atoms with Gasteiger partial charge in [-0.05, 0) is 43.0 Å². The lowest BCUT2D eigenvalue weighted by atomic mass is 9.87. The average Bonchev–Trinajstić information content (AvgIpc) is 3.52. The Morgan fingerprint density at radius 1 is 1.27 bits per heavy atom. The Morgan fingerprint density at radius 3 is 2.67 bits per heavy atom. The van der Waals surface area contributed by atoms with Crippen molar-refractivity contribution < 1.29 is 4.74 Å². The van der Waals surface area contributed by atoms with Crippen LogP contribution in [0.25, 0.3) is 11.3 Å². The smallest absolute Gasteiger partial charge is 0.184 e. The van der Waals surface area contributed by atoms with Crippen LogP contribution in [0.1, 0.15) is 35.6 Å². The molecular weight excluding hydrogens is 412 g/mol. The number of aryl methyl sites for hydroxylation is 1. The predicted molar refractivity (Wildman–Crippen MR) is 127 cm³/mol. The molecule has 3 nitrogen and oxygen atoms in total. The number of nitrogens with one attached hydrogen (secondary N) is 1. The summed E-state index contributed by atoms with van der Waals surface area (Å²) in [7, 11) is 1.63. The standard InChI is InChI=1S/C25H25ClN2OS/c1-4-23(21(14-17-10-11-17)18-8-6-5-7-9-18)27-25-28-24(16(2)30-25)20-13-12-19(29-3)15-22(20)26/h1,5-9,12-13,15,17,21,23H,10-11,14H2,2-3H3,(H,27,28)/t21-,23?/m0/s1. The van der Waals surface area contributed by atoms with E-state index < -0.39 is 0 Å². The number of aromatic nitrogens is 1. The van der Waals surface area contributed by atoms with E-state index in [1.807, 2.05) is 24.3 Å². The quantitative estimate of drug-likeness (QED) is 0.395. The fourth-order valence-corrected chi connectivity index (χ4v) is 4.92. The van der Waals surface area contributed by atoms with Crippen molar-refractivity contribution in [2.45, 2.75) is 38.1 Å². The zero-order chi connectivity index (χ0) is 21.1. The van der Waals surface area contributed by atoms with E-state index in [1.54, 1.807) is 18.4 Å². The van der Waals surface area contributed by atoms with E-state index in [0.29, 0.717) is 5.02 Å². The Kier molecular flexibility index (Phi) is 6.32.